The van der Waals surface area contributed by atoms with Gasteiger partial charge in [0.1, 0.15) is 0 Å². The molecule has 8 heteroatoms. The van der Waals surface area contributed by atoms with Crippen molar-refractivity contribution in [1.29, 1.82) is 0 Å². The monoisotopic (exact) mass is 383 g/mol. The molecule has 0 atom stereocenters. The van der Waals surface area contributed by atoms with Crippen molar-refractivity contribution in [3.05, 3.63) is 76.6 Å². The number of furan rings is 1. The third-order valence-electron chi connectivity index (χ3n) is 3.73. The second-order valence-corrected chi connectivity index (χ2v) is 6.64. The SMILES string of the molecule is CCc1ccc(C(=O)NNC(=O)c2ccc(NC(=O)c3ccco3)s2)cc1. The maximum Gasteiger partial charge on any atom is 0.291 e. The molecular weight excluding hydrogens is 366 g/mol. The van der Waals surface area contributed by atoms with Gasteiger partial charge < -0.3 is 9.73 Å². The average molecular weight is 383 g/mol. The summed E-state index contributed by atoms with van der Waals surface area (Å²) in [5.41, 5.74) is 6.31. The molecule has 0 saturated heterocycles. The molecule has 0 radical (unpaired) electrons. The summed E-state index contributed by atoms with van der Waals surface area (Å²) < 4.78 is 5.01. The molecule has 0 aliphatic heterocycles. The van der Waals surface area contributed by atoms with E-state index < -0.39 is 17.7 Å². The number of nitrogens with one attached hydrogen (secondary N) is 3. The third kappa shape index (κ3) is 4.62. The van der Waals surface area contributed by atoms with Crippen molar-refractivity contribution < 1.29 is 18.8 Å². The van der Waals surface area contributed by atoms with Crippen molar-refractivity contribution in [3.8, 4) is 0 Å². The van der Waals surface area contributed by atoms with Crippen LogP contribution in [0.25, 0.3) is 0 Å². The van der Waals surface area contributed by atoms with Gasteiger partial charge in [-0.3, -0.25) is 25.2 Å². The standard InChI is InChI=1S/C19H17N3O4S/c1-2-12-5-7-13(8-6-12)17(23)21-22-19(25)15-9-10-16(27-15)20-18(24)14-4-3-11-26-14/h3-11H,2H2,1H3,(H,20,24)(H,21,23)(H,22,25). The Hall–Kier alpha value is -3.39. The number of hydrazine groups is 1. The molecule has 0 aliphatic carbocycles. The van der Waals surface area contributed by atoms with Gasteiger partial charge in [0.15, 0.2) is 5.76 Å². The summed E-state index contributed by atoms with van der Waals surface area (Å²) in [5, 5.41) is 3.13. The summed E-state index contributed by atoms with van der Waals surface area (Å²) in [6, 6.07) is 13.4. The van der Waals surface area contributed by atoms with Gasteiger partial charge in [-0.1, -0.05) is 19.1 Å². The Labute approximate surface area is 159 Å². The summed E-state index contributed by atoms with van der Waals surface area (Å²) >= 11 is 1.08. The number of hydrogen-bond donors (Lipinski definition) is 3. The van der Waals surface area contributed by atoms with E-state index in [1.54, 1.807) is 36.4 Å². The quantitative estimate of drug-likeness (QED) is 0.589. The van der Waals surface area contributed by atoms with Crippen LogP contribution in [0.5, 0.6) is 0 Å². The summed E-state index contributed by atoms with van der Waals surface area (Å²) in [7, 11) is 0. The highest BCUT2D eigenvalue weighted by atomic mass is 32.1. The molecular formula is C19H17N3O4S. The number of thiophene rings is 1. The Balaban J connectivity index is 1.54. The van der Waals surface area contributed by atoms with Gasteiger partial charge in [-0.2, -0.15) is 0 Å². The number of rotatable bonds is 5. The molecule has 27 heavy (non-hydrogen) atoms. The summed E-state index contributed by atoms with van der Waals surface area (Å²) in [5.74, 6) is -1.11. The minimum absolute atomic E-state index is 0.177. The van der Waals surface area contributed by atoms with Crippen LogP contribution >= 0.6 is 11.3 Å². The van der Waals surface area contributed by atoms with Crippen LogP contribution in [0.3, 0.4) is 0 Å². The fraction of sp³-hybridized carbons (Fsp3) is 0.105. The number of anilines is 1. The normalized spacial score (nSPS) is 10.3. The topological polar surface area (TPSA) is 100 Å². The minimum atomic E-state index is -0.475. The van der Waals surface area contributed by atoms with Crippen molar-refractivity contribution in [1.82, 2.24) is 10.9 Å². The van der Waals surface area contributed by atoms with Gasteiger partial charge in [0.25, 0.3) is 17.7 Å². The highest BCUT2D eigenvalue weighted by molar-refractivity contribution is 7.18. The molecule has 3 N–H and O–H groups in total. The average Bonchev–Trinajstić information content (AvgIpc) is 3.38. The van der Waals surface area contributed by atoms with Gasteiger partial charge in [0.2, 0.25) is 0 Å². The molecule has 1 aromatic carbocycles. The maximum atomic E-state index is 12.2. The van der Waals surface area contributed by atoms with E-state index in [0.717, 1.165) is 23.3 Å². The maximum absolute atomic E-state index is 12.2. The van der Waals surface area contributed by atoms with E-state index >= 15 is 0 Å². The van der Waals surface area contributed by atoms with E-state index in [-0.39, 0.29) is 5.76 Å². The van der Waals surface area contributed by atoms with Gasteiger partial charge in [0, 0.05) is 5.56 Å². The van der Waals surface area contributed by atoms with E-state index in [0.29, 0.717) is 15.4 Å². The predicted octanol–water partition coefficient (Wildman–Crippen LogP) is 3.23. The lowest BCUT2D eigenvalue weighted by molar-refractivity contribution is 0.0849. The van der Waals surface area contributed by atoms with Crippen LogP contribution in [0.1, 0.15) is 43.1 Å². The van der Waals surface area contributed by atoms with Crippen molar-refractivity contribution in [3.63, 3.8) is 0 Å². The Morgan fingerprint density at radius 3 is 2.33 bits per heavy atom. The Morgan fingerprint density at radius 1 is 0.926 bits per heavy atom. The lowest BCUT2D eigenvalue weighted by atomic mass is 10.1. The third-order valence-corrected chi connectivity index (χ3v) is 4.72. The molecule has 0 saturated carbocycles. The molecule has 0 spiro atoms. The van der Waals surface area contributed by atoms with E-state index in [9.17, 15) is 14.4 Å². The lowest BCUT2D eigenvalue weighted by Gasteiger charge is -2.06. The largest absolute Gasteiger partial charge is 0.459 e. The smallest absolute Gasteiger partial charge is 0.291 e. The zero-order valence-corrected chi connectivity index (χ0v) is 15.3. The van der Waals surface area contributed by atoms with Crippen LogP contribution in [0.2, 0.25) is 0 Å². The van der Waals surface area contributed by atoms with Crippen molar-refractivity contribution >= 4 is 34.1 Å². The summed E-state index contributed by atoms with van der Waals surface area (Å²) in [4.78, 5) is 36.5. The molecule has 3 amide bonds. The number of carbonyl (C=O) groups is 3. The van der Waals surface area contributed by atoms with E-state index in [1.807, 2.05) is 19.1 Å². The highest BCUT2D eigenvalue weighted by Crippen LogP contribution is 2.22. The second-order valence-electron chi connectivity index (χ2n) is 5.55. The zero-order valence-electron chi connectivity index (χ0n) is 14.4. The molecule has 138 valence electrons. The first-order valence-electron chi connectivity index (χ1n) is 8.21. The van der Waals surface area contributed by atoms with Crippen LogP contribution in [0.4, 0.5) is 5.00 Å². The van der Waals surface area contributed by atoms with Crippen molar-refractivity contribution in [2.75, 3.05) is 5.32 Å². The molecule has 2 heterocycles. The molecule has 3 aromatic rings. The Morgan fingerprint density at radius 2 is 1.67 bits per heavy atom. The van der Waals surface area contributed by atoms with Crippen LogP contribution < -0.4 is 16.2 Å². The van der Waals surface area contributed by atoms with E-state index in [1.165, 1.54) is 6.26 Å². The van der Waals surface area contributed by atoms with Gasteiger partial charge in [0.05, 0.1) is 16.1 Å². The first-order chi connectivity index (χ1) is 13.1. The van der Waals surface area contributed by atoms with E-state index in [2.05, 4.69) is 16.2 Å². The Bertz CT molecular complexity index is 946. The molecule has 3 rings (SSSR count). The molecule has 0 aliphatic rings. The number of carbonyl (C=O) groups excluding carboxylic acids is 3. The highest BCUT2D eigenvalue weighted by Gasteiger charge is 2.14. The fourth-order valence-corrected chi connectivity index (χ4v) is 3.04. The lowest BCUT2D eigenvalue weighted by Crippen LogP contribution is -2.41. The number of hydrogen-bond acceptors (Lipinski definition) is 5. The van der Waals surface area contributed by atoms with Crippen LogP contribution in [-0.4, -0.2) is 17.7 Å². The summed E-state index contributed by atoms with van der Waals surface area (Å²) in [6.45, 7) is 2.03. The van der Waals surface area contributed by atoms with Gasteiger partial charge >= 0.3 is 0 Å². The zero-order chi connectivity index (χ0) is 19.2. The van der Waals surface area contributed by atoms with Crippen molar-refractivity contribution in [2.24, 2.45) is 0 Å². The van der Waals surface area contributed by atoms with Crippen LogP contribution in [0, 0.1) is 0 Å². The van der Waals surface area contributed by atoms with E-state index in [4.69, 9.17) is 4.42 Å². The molecule has 2 aromatic heterocycles. The number of benzene rings is 1. The van der Waals surface area contributed by atoms with Gasteiger partial charge in [-0.15, -0.1) is 11.3 Å². The fourth-order valence-electron chi connectivity index (χ4n) is 2.25. The summed E-state index contributed by atoms with van der Waals surface area (Å²) in [6.07, 6.45) is 2.29. The molecule has 0 bridgehead atoms. The molecule has 0 fully saturated rings. The minimum Gasteiger partial charge on any atom is -0.459 e. The number of aryl methyl sites for hydroxylation is 1. The second kappa shape index (κ2) is 8.33. The van der Waals surface area contributed by atoms with Gasteiger partial charge in [-0.05, 0) is 48.4 Å². The van der Waals surface area contributed by atoms with Gasteiger partial charge in [-0.25, -0.2) is 0 Å². The Kier molecular flexibility index (Phi) is 5.68. The number of amides is 3. The predicted molar refractivity (Wildman–Crippen MR) is 102 cm³/mol. The van der Waals surface area contributed by atoms with Crippen molar-refractivity contribution in [2.45, 2.75) is 13.3 Å². The van der Waals surface area contributed by atoms with Crippen LogP contribution in [0.15, 0.2) is 59.2 Å². The van der Waals surface area contributed by atoms with Crippen LogP contribution in [-0.2, 0) is 6.42 Å². The first kappa shape index (κ1) is 18.4. The first-order valence-corrected chi connectivity index (χ1v) is 9.02. The molecule has 0 unspecified atom stereocenters. The molecule has 7 nitrogen and oxygen atoms in total.